The number of carbonyl (C=O) groups is 10. The van der Waals surface area contributed by atoms with Gasteiger partial charge in [0.15, 0.2) is 0 Å². The molecule has 0 bridgehead atoms. The van der Waals surface area contributed by atoms with Crippen molar-refractivity contribution in [1.29, 1.82) is 0 Å². The van der Waals surface area contributed by atoms with Gasteiger partial charge in [0.05, 0.1) is 25.1 Å². The Bertz CT molecular complexity index is 1710. The highest BCUT2D eigenvalue weighted by molar-refractivity contribution is 7.46. The Labute approximate surface area is 371 Å². The molecule has 10 atom stereocenters. The molecule has 0 aromatic carbocycles. The van der Waals surface area contributed by atoms with E-state index in [4.69, 9.17) is 10.8 Å². The lowest BCUT2D eigenvalue weighted by atomic mass is 9.94. The minimum atomic E-state index is -5.20. The van der Waals surface area contributed by atoms with E-state index in [0.717, 1.165) is 4.90 Å². The van der Waals surface area contributed by atoms with Crippen LogP contribution in [0.15, 0.2) is 0 Å². The summed E-state index contributed by atoms with van der Waals surface area (Å²) < 4.78 is 16.3. The Morgan fingerprint density at radius 1 is 0.734 bits per heavy atom. The summed E-state index contributed by atoms with van der Waals surface area (Å²) >= 11 is 0. The summed E-state index contributed by atoms with van der Waals surface area (Å²) in [6, 6.07) is -10.9. The maximum Gasteiger partial charge on any atom is 0.469 e. The number of phosphoric acid groups is 1. The molecule has 0 spiro atoms. The van der Waals surface area contributed by atoms with Crippen LogP contribution in [-0.2, 0) is 57.0 Å². The second-order valence-corrected chi connectivity index (χ2v) is 17.6. The summed E-state index contributed by atoms with van der Waals surface area (Å²) in [5, 5.41) is 33.1. The molecule has 0 radical (unpaired) electrons. The van der Waals surface area contributed by atoms with Crippen LogP contribution in [0.25, 0.3) is 0 Å². The van der Waals surface area contributed by atoms with Crippen molar-refractivity contribution in [1.82, 2.24) is 36.8 Å². The molecule has 64 heavy (non-hydrogen) atoms. The summed E-state index contributed by atoms with van der Waals surface area (Å²) in [6.07, 6.45) is -0.377. The van der Waals surface area contributed by atoms with E-state index >= 15 is 0 Å². The number of nitrogens with two attached hydrogens (primary N) is 1. The average molecular weight is 935 g/mol. The lowest BCUT2D eigenvalue weighted by Crippen LogP contribution is -2.62. The van der Waals surface area contributed by atoms with Gasteiger partial charge in [-0.05, 0) is 49.9 Å². The van der Waals surface area contributed by atoms with E-state index in [2.05, 4.69) is 36.4 Å². The first-order valence-corrected chi connectivity index (χ1v) is 22.8. The number of carbonyl (C=O) groups excluding carboxylic acids is 8. The highest BCUT2D eigenvalue weighted by Crippen LogP contribution is 2.36. The highest BCUT2D eigenvalue weighted by Gasteiger charge is 2.42. The molecule has 0 aliphatic carbocycles. The molecule has 25 heteroatoms. The van der Waals surface area contributed by atoms with E-state index in [1.54, 1.807) is 48.5 Å². The molecule has 12 N–H and O–H groups in total. The van der Waals surface area contributed by atoms with Gasteiger partial charge in [0.1, 0.15) is 42.5 Å². The van der Waals surface area contributed by atoms with E-state index in [1.807, 2.05) is 0 Å². The summed E-state index contributed by atoms with van der Waals surface area (Å²) in [5.41, 5.74) is 5.83. The molecule has 0 unspecified atom stereocenters. The molecule has 1 fully saturated rings. The van der Waals surface area contributed by atoms with E-state index in [-0.39, 0.29) is 44.4 Å². The Hall–Kier alpha value is -5.03. The van der Waals surface area contributed by atoms with Gasteiger partial charge in [-0.2, -0.15) is 0 Å². The van der Waals surface area contributed by atoms with Crippen molar-refractivity contribution in [2.75, 3.05) is 13.2 Å². The van der Waals surface area contributed by atoms with Gasteiger partial charge in [-0.3, -0.25) is 47.7 Å². The first-order chi connectivity index (χ1) is 29.8. The number of aldehydes is 1. The number of aliphatic carboxylic acids is 2. The van der Waals surface area contributed by atoms with Crippen molar-refractivity contribution in [3.63, 3.8) is 0 Å². The van der Waals surface area contributed by atoms with Crippen molar-refractivity contribution in [2.24, 2.45) is 23.5 Å². The second kappa shape index (κ2) is 27.3. The molecule has 1 saturated heterocycles. The molecule has 24 nitrogen and oxygen atoms in total. The molecule has 364 valence electrons. The predicted molar refractivity (Wildman–Crippen MR) is 226 cm³/mol. The number of nitrogens with zero attached hydrogens (tertiary/aromatic N) is 1. The normalized spacial score (nSPS) is 18.1. The fourth-order valence-electron chi connectivity index (χ4n) is 6.59. The van der Waals surface area contributed by atoms with E-state index in [9.17, 15) is 67.4 Å². The van der Waals surface area contributed by atoms with Crippen LogP contribution < -0.4 is 37.6 Å². The largest absolute Gasteiger partial charge is 0.481 e. The summed E-state index contributed by atoms with van der Waals surface area (Å²) in [4.78, 5) is 149. The number of carboxylic acid groups (broad SMARTS) is 2. The third-order valence-electron chi connectivity index (χ3n) is 10.7. The van der Waals surface area contributed by atoms with Crippen LogP contribution in [-0.4, -0.2) is 146 Å². The average Bonchev–Trinajstić information content (AvgIpc) is 3.72. The van der Waals surface area contributed by atoms with Gasteiger partial charge in [-0.25, -0.2) is 4.57 Å². The molecular weight excluding hydrogens is 867 g/mol. The lowest BCUT2D eigenvalue weighted by molar-refractivity contribution is -0.143. The van der Waals surface area contributed by atoms with E-state index in [0.29, 0.717) is 12.8 Å². The van der Waals surface area contributed by atoms with Gasteiger partial charge in [-0.15, -0.1) is 0 Å². The molecule has 7 amide bonds. The van der Waals surface area contributed by atoms with Crippen LogP contribution in [0.1, 0.15) is 106 Å². The summed E-state index contributed by atoms with van der Waals surface area (Å²) in [6.45, 7) is 10.8. The van der Waals surface area contributed by atoms with Gasteiger partial charge in [0.25, 0.3) is 0 Å². The van der Waals surface area contributed by atoms with Gasteiger partial charge in [0, 0.05) is 13.0 Å². The number of hydrogen-bond acceptors (Lipinski definition) is 13. The number of rotatable bonds is 29. The zero-order chi connectivity index (χ0) is 49.1. The molecule has 0 aromatic rings. The van der Waals surface area contributed by atoms with Crippen LogP contribution in [0.4, 0.5) is 0 Å². The third kappa shape index (κ3) is 19.4. The number of nitrogens with one attached hydrogen (secondary N) is 6. The minimum absolute atomic E-state index is 0.0479. The van der Waals surface area contributed by atoms with Crippen LogP contribution in [0, 0.1) is 17.8 Å². The Balaban J connectivity index is 3.43. The predicted octanol–water partition coefficient (Wildman–Crippen LogP) is -1.59. The topological polar surface area (TPSA) is 379 Å². The number of likely N-dealkylation sites (tertiary alicyclic amines) is 1. The van der Waals surface area contributed by atoms with Crippen LogP contribution in [0.3, 0.4) is 0 Å². The molecule has 1 rings (SSSR count). The molecular formula is C39H67N8O16P. The fraction of sp³-hybridized carbons (Fsp3) is 0.744. The van der Waals surface area contributed by atoms with Crippen molar-refractivity contribution in [3.8, 4) is 0 Å². The number of carboxylic acids is 2. The van der Waals surface area contributed by atoms with Gasteiger partial charge in [-0.1, -0.05) is 61.3 Å². The Morgan fingerprint density at radius 3 is 1.77 bits per heavy atom. The van der Waals surface area contributed by atoms with Crippen LogP contribution >= 0.6 is 7.82 Å². The number of phosphoric ester groups is 1. The monoisotopic (exact) mass is 934 g/mol. The van der Waals surface area contributed by atoms with Crippen molar-refractivity contribution in [2.45, 2.75) is 155 Å². The second-order valence-electron chi connectivity index (χ2n) is 16.3. The van der Waals surface area contributed by atoms with Crippen molar-refractivity contribution in [3.05, 3.63) is 0 Å². The number of amides is 7. The summed E-state index contributed by atoms with van der Waals surface area (Å²) in [7, 11) is -5.20. The molecule has 1 aliphatic rings. The molecule has 1 aliphatic heterocycles. The van der Waals surface area contributed by atoms with Crippen molar-refractivity contribution >= 4 is 67.4 Å². The Morgan fingerprint density at radius 2 is 1.27 bits per heavy atom. The zero-order valence-corrected chi connectivity index (χ0v) is 38.3. The molecule has 0 aromatic heterocycles. The third-order valence-corrected chi connectivity index (χ3v) is 11.2. The lowest BCUT2D eigenvalue weighted by Gasteiger charge is -2.32. The Kier molecular flexibility index (Phi) is 24.3. The first kappa shape index (κ1) is 57.0. The van der Waals surface area contributed by atoms with E-state index in [1.165, 1.54) is 0 Å². The smallest absolute Gasteiger partial charge is 0.469 e. The number of hydrogen-bond donors (Lipinski definition) is 11. The fourth-order valence-corrected chi connectivity index (χ4v) is 6.93. The van der Waals surface area contributed by atoms with Gasteiger partial charge in [0.2, 0.25) is 41.4 Å². The van der Waals surface area contributed by atoms with E-state index < -0.39 is 147 Å². The summed E-state index contributed by atoms with van der Waals surface area (Å²) in [5.74, 6) is -10.2. The highest BCUT2D eigenvalue weighted by atomic mass is 31.2. The maximum atomic E-state index is 14.1. The molecule has 0 saturated carbocycles. The SMILES string of the molecule is CC[C@H](N)C(=O)N[C@@H](CC(C)C)C(=O)N[C@@H](COP(=O)(O)O)C(=O)N1CCC[C@H]1C(=O)N[C@H](C(=O)N[C@H](C(=O)N[C@@H](CCC(=O)O)C(=O)N[C@H](C=O)CC(=O)O)[C@@H](C)CC)[C@@H](C)CC. The zero-order valence-electron chi connectivity index (χ0n) is 37.4. The quantitative estimate of drug-likeness (QED) is 0.0297. The van der Waals surface area contributed by atoms with Gasteiger partial charge >= 0.3 is 19.8 Å². The van der Waals surface area contributed by atoms with Gasteiger partial charge < -0.3 is 67.3 Å². The first-order valence-electron chi connectivity index (χ1n) is 21.3. The van der Waals surface area contributed by atoms with Crippen LogP contribution in [0.5, 0.6) is 0 Å². The minimum Gasteiger partial charge on any atom is -0.481 e. The van der Waals surface area contributed by atoms with Crippen LogP contribution in [0.2, 0.25) is 0 Å². The molecule has 1 heterocycles. The standard InChI is InChI=1S/C39H67N8O16P/c1-8-21(6)31(37(57)42-25(13-14-29(49)50)34(54)41-23(18-48)17-30(51)52)46-38(58)32(22(7)9-2)45-36(56)28-12-11-15-47(28)39(59)27(19-63-64(60,61)62)44-35(55)26(16-20(4)5)43-33(53)24(40)10-3/h18,20-28,31-32H,8-17,19,40H2,1-7H3,(H,41,54)(H,42,57)(H,43,53)(H,44,55)(H,45,56)(H,46,58)(H,49,50)(H,51,52)(H2,60,61,62)/t21-,22-,23-,24-,25-,26-,27-,28-,31-,32-/m0/s1. The maximum absolute atomic E-state index is 14.1. The van der Waals surface area contributed by atoms with Crippen molar-refractivity contribution < 1.29 is 77.0 Å².